The Morgan fingerprint density at radius 3 is 2.47 bits per heavy atom. The number of benzene rings is 2. The van der Waals surface area contributed by atoms with Crippen LogP contribution < -0.4 is 15.0 Å². The molecule has 2 N–H and O–H groups in total. The zero-order valence-corrected chi connectivity index (χ0v) is 17.6. The minimum atomic E-state index is -1.09. The Bertz CT molecular complexity index is 1160. The van der Waals surface area contributed by atoms with Crippen LogP contribution in [0, 0.1) is 0 Å². The maximum Gasteiger partial charge on any atom is 0.339 e. The van der Waals surface area contributed by atoms with Crippen molar-refractivity contribution in [3.8, 4) is 5.75 Å². The van der Waals surface area contributed by atoms with Crippen molar-refractivity contribution in [3.05, 3.63) is 89.6 Å². The van der Waals surface area contributed by atoms with E-state index in [2.05, 4.69) is 28.5 Å². The number of hydrogen-bond donors (Lipinski definition) is 2. The van der Waals surface area contributed by atoms with Gasteiger partial charge in [0.1, 0.15) is 17.1 Å². The average molecular weight is 429 g/mol. The van der Waals surface area contributed by atoms with Crippen LogP contribution in [0.4, 0.5) is 11.5 Å². The third kappa shape index (κ3) is 4.62. The fraction of sp³-hybridized carbons (Fsp3) is 0.160. The first-order valence-electron chi connectivity index (χ1n) is 10.2. The molecule has 1 aromatic heterocycles. The van der Waals surface area contributed by atoms with Crippen LogP contribution in [0.2, 0.25) is 0 Å². The summed E-state index contributed by atoms with van der Waals surface area (Å²) in [5, 5.41) is 12.5. The number of carboxylic acids is 1. The number of carbonyl (C=O) groups is 2. The molecule has 1 aliphatic rings. The Morgan fingerprint density at radius 2 is 1.84 bits per heavy atom. The van der Waals surface area contributed by atoms with Crippen LogP contribution in [0.1, 0.15) is 32.7 Å². The smallest absolute Gasteiger partial charge is 0.339 e. The van der Waals surface area contributed by atoms with Crippen molar-refractivity contribution in [3.63, 3.8) is 0 Å². The Labute approximate surface area is 186 Å². The largest absolute Gasteiger partial charge is 0.497 e. The minimum absolute atomic E-state index is 0.0501. The third-order valence-corrected chi connectivity index (χ3v) is 5.36. The van der Waals surface area contributed by atoms with E-state index < -0.39 is 5.97 Å². The lowest BCUT2D eigenvalue weighted by molar-refractivity contribution is 0.0696. The van der Waals surface area contributed by atoms with E-state index in [4.69, 9.17) is 4.74 Å². The van der Waals surface area contributed by atoms with Crippen molar-refractivity contribution < 1.29 is 19.4 Å². The summed E-state index contributed by atoms with van der Waals surface area (Å²) in [5.74, 6) is -0.409. The van der Waals surface area contributed by atoms with Crippen molar-refractivity contribution in [2.75, 3.05) is 30.4 Å². The number of nitrogens with one attached hydrogen (secondary N) is 1. The van der Waals surface area contributed by atoms with E-state index in [-0.39, 0.29) is 11.5 Å². The molecule has 1 amide bonds. The van der Waals surface area contributed by atoms with Crippen LogP contribution >= 0.6 is 0 Å². The van der Waals surface area contributed by atoms with Crippen LogP contribution in [-0.2, 0) is 0 Å². The molecule has 4 rings (SSSR count). The zero-order chi connectivity index (χ0) is 22.5. The van der Waals surface area contributed by atoms with Gasteiger partial charge in [-0.15, -0.1) is 0 Å². The van der Waals surface area contributed by atoms with E-state index in [1.807, 2.05) is 23.1 Å². The highest BCUT2D eigenvalue weighted by molar-refractivity contribution is 6.05. The number of aromatic nitrogens is 1. The van der Waals surface area contributed by atoms with Gasteiger partial charge in [-0.05, 0) is 47.9 Å². The van der Waals surface area contributed by atoms with Gasteiger partial charge in [0.25, 0.3) is 5.91 Å². The minimum Gasteiger partial charge on any atom is -0.497 e. The van der Waals surface area contributed by atoms with Gasteiger partial charge in [-0.3, -0.25) is 4.79 Å². The Kier molecular flexibility index (Phi) is 6.17. The highest BCUT2D eigenvalue weighted by Crippen LogP contribution is 2.28. The van der Waals surface area contributed by atoms with E-state index in [1.165, 1.54) is 23.4 Å². The van der Waals surface area contributed by atoms with Crippen LogP contribution in [-0.4, -0.2) is 42.2 Å². The highest BCUT2D eigenvalue weighted by atomic mass is 16.5. The monoisotopic (exact) mass is 429 g/mol. The van der Waals surface area contributed by atoms with Crippen molar-refractivity contribution in [1.29, 1.82) is 0 Å². The second kappa shape index (κ2) is 9.34. The summed E-state index contributed by atoms with van der Waals surface area (Å²) >= 11 is 0. The first kappa shape index (κ1) is 21.1. The van der Waals surface area contributed by atoms with Crippen molar-refractivity contribution >= 4 is 29.0 Å². The van der Waals surface area contributed by atoms with Gasteiger partial charge in [0.05, 0.1) is 19.0 Å². The molecule has 7 nitrogen and oxygen atoms in total. The van der Waals surface area contributed by atoms with Gasteiger partial charge in [-0.2, -0.15) is 0 Å². The summed E-state index contributed by atoms with van der Waals surface area (Å²) < 4.78 is 5.10. The number of pyridine rings is 1. The molecule has 0 fully saturated rings. The number of hydrogen-bond acceptors (Lipinski definition) is 5. The number of anilines is 2. The number of carbonyl (C=O) groups excluding carboxylic acids is 1. The average Bonchev–Trinajstić information content (AvgIpc) is 2.84. The van der Waals surface area contributed by atoms with Gasteiger partial charge in [-0.1, -0.05) is 36.4 Å². The summed E-state index contributed by atoms with van der Waals surface area (Å²) in [4.78, 5) is 30.7. The standard InChI is InChI=1S/C25H23N3O4/c1-32-21-9-7-19(8-10-21)24(29)27-20-15-22(25(30)31)23(26-16-20)28-13-11-18(12-14-28)17-5-3-2-4-6-17/h2-11,15-16H,12-14H2,1H3,(H,27,29)(H,30,31). The lowest BCUT2D eigenvalue weighted by Gasteiger charge is -2.28. The lowest BCUT2D eigenvalue weighted by Crippen LogP contribution is -2.30. The van der Waals surface area contributed by atoms with Gasteiger partial charge < -0.3 is 20.1 Å². The molecule has 2 heterocycles. The topological polar surface area (TPSA) is 91.8 Å². The van der Waals surface area contributed by atoms with E-state index in [0.29, 0.717) is 35.9 Å². The van der Waals surface area contributed by atoms with E-state index in [1.54, 1.807) is 31.4 Å². The molecule has 0 unspecified atom stereocenters. The van der Waals surface area contributed by atoms with Crippen LogP contribution in [0.3, 0.4) is 0 Å². The van der Waals surface area contributed by atoms with Crippen LogP contribution in [0.25, 0.3) is 5.57 Å². The fourth-order valence-corrected chi connectivity index (χ4v) is 3.66. The molecule has 32 heavy (non-hydrogen) atoms. The maximum absolute atomic E-state index is 12.5. The Hall–Kier alpha value is -4.13. The number of methoxy groups -OCH3 is 1. The Balaban J connectivity index is 1.51. The molecule has 0 radical (unpaired) electrons. The number of aromatic carboxylic acids is 1. The normalized spacial score (nSPS) is 13.3. The van der Waals surface area contributed by atoms with E-state index in [9.17, 15) is 14.7 Å². The lowest BCUT2D eigenvalue weighted by atomic mass is 9.99. The molecule has 0 spiro atoms. The SMILES string of the molecule is COc1ccc(C(=O)Nc2cnc(N3CC=C(c4ccccc4)CC3)c(C(=O)O)c2)cc1. The van der Waals surface area contributed by atoms with Crippen molar-refractivity contribution in [2.45, 2.75) is 6.42 Å². The van der Waals surface area contributed by atoms with Gasteiger partial charge in [0, 0.05) is 18.7 Å². The van der Waals surface area contributed by atoms with Crippen molar-refractivity contribution in [1.82, 2.24) is 4.98 Å². The number of rotatable bonds is 6. The van der Waals surface area contributed by atoms with Gasteiger partial charge >= 0.3 is 5.97 Å². The van der Waals surface area contributed by atoms with Crippen LogP contribution in [0.5, 0.6) is 5.75 Å². The summed E-state index contributed by atoms with van der Waals surface area (Å²) in [6, 6.07) is 18.2. The molecular weight excluding hydrogens is 406 g/mol. The number of carboxylic acid groups (broad SMARTS) is 1. The van der Waals surface area contributed by atoms with Crippen LogP contribution in [0.15, 0.2) is 72.9 Å². The molecular formula is C25H23N3O4. The molecule has 2 aromatic carbocycles. The fourth-order valence-electron chi connectivity index (χ4n) is 3.66. The molecule has 7 heteroatoms. The summed E-state index contributed by atoms with van der Waals surface area (Å²) in [6.45, 7) is 1.22. The quantitative estimate of drug-likeness (QED) is 0.606. The number of nitrogens with zero attached hydrogens (tertiary/aromatic N) is 2. The first-order chi connectivity index (χ1) is 15.5. The molecule has 0 saturated carbocycles. The van der Waals surface area contributed by atoms with Crippen molar-refractivity contribution in [2.24, 2.45) is 0 Å². The summed E-state index contributed by atoms with van der Waals surface area (Å²) in [5.41, 5.74) is 3.22. The van der Waals surface area contributed by atoms with E-state index >= 15 is 0 Å². The Morgan fingerprint density at radius 1 is 1.09 bits per heavy atom. The highest BCUT2D eigenvalue weighted by Gasteiger charge is 2.21. The maximum atomic E-state index is 12.5. The second-order valence-corrected chi connectivity index (χ2v) is 7.37. The predicted molar refractivity (Wildman–Crippen MR) is 123 cm³/mol. The van der Waals surface area contributed by atoms with Gasteiger partial charge in [0.15, 0.2) is 0 Å². The second-order valence-electron chi connectivity index (χ2n) is 7.37. The number of ether oxygens (including phenoxy) is 1. The molecule has 0 saturated heterocycles. The first-order valence-corrected chi connectivity index (χ1v) is 10.2. The molecule has 162 valence electrons. The summed E-state index contributed by atoms with van der Waals surface area (Å²) in [7, 11) is 1.55. The third-order valence-electron chi connectivity index (χ3n) is 5.36. The van der Waals surface area contributed by atoms with E-state index in [0.717, 1.165) is 6.42 Å². The zero-order valence-electron chi connectivity index (χ0n) is 17.6. The van der Waals surface area contributed by atoms with Gasteiger partial charge in [0.2, 0.25) is 0 Å². The molecule has 0 atom stereocenters. The molecule has 3 aromatic rings. The molecule has 1 aliphatic heterocycles. The number of amides is 1. The summed E-state index contributed by atoms with van der Waals surface area (Å²) in [6.07, 6.45) is 4.38. The molecule has 0 bridgehead atoms. The molecule has 0 aliphatic carbocycles. The van der Waals surface area contributed by atoms with Gasteiger partial charge in [-0.25, -0.2) is 9.78 Å². The predicted octanol–water partition coefficient (Wildman–Crippen LogP) is 4.33.